The maximum Gasteiger partial charge on any atom is 0.213 e. The fraction of sp³-hybridized carbons (Fsp3) is 0.100. The Hall–Kier alpha value is -1.62. The van der Waals surface area contributed by atoms with E-state index in [9.17, 15) is 4.79 Å². The van der Waals surface area contributed by atoms with Gasteiger partial charge in [-0.25, -0.2) is 4.98 Å². The summed E-state index contributed by atoms with van der Waals surface area (Å²) in [6, 6.07) is 7.30. The van der Waals surface area contributed by atoms with E-state index in [0.29, 0.717) is 10.7 Å². The average Bonchev–Trinajstić information content (AvgIpc) is 2.65. The highest BCUT2D eigenvalue weighted by Crippen LogP contribution is 2.24. The molecule has 2 aromatic rings. The topological polar surface area (TPSA) is 58.6 Å². The van der Waals surface area contributed by atoms with Gasteiger partial charge in [-0.1, -0.05) is 12.1 Å². The van der Waals surface area contributed by atoms with E-state index in [-0.39, 0.29) is 0 Å². The van der Waals surface area contributed by atoms with Crippen LogP contribution < -0.4 is 0 Å². The minimum Gasteiger partial charge on any atom is -0.298 e. The van der Waals surface area contributed by atoms with E-state index in [1.54, 1.807) is 12.1 Å². The molecule has 0 fully saturated rings. The molecule has 0 bridgehead atoms. The number of aromatic nitrogens is 3. The minimum atomic E-state index is 0.672. The molecule has 0 radical (unpaired) electrons. The van der Waals surface area contributed by atoms with Gasteiger partial charge in [0.15, 0.2) is 0 Å². The van der Waals surface area contributed by atoms with E-state index in [1.807, 2.05) is 19.1 Å². The van der Waals surface area contributed by atoms with Crippen molar-refractivity contribution < 1.29 is 4.79 Å². The number of hydrogen-bond donors (Lipinski definition) is 1. The molecular weight excluding hydrogens is 210 g/mol. The number of nitrogens with one attached hydrogen (secondary N) is 1. The van der Waals surface area contributed by atoms with Crippen molar-refractivity contribution in [3.05, 3.63) is 35.7 Å². The molecule has 0 saturated heterocycles. The number of rotatable bonds is 3. The van der Waals surface area contributed by atoms with Crippen LogP contribution in [-0.4, -0.2) is 21.5 Å². The zero-order valence-electron chi connectivity index (χ0n) is 8.10. The van der Waals surface area contributed by atoms with Gasteiger partial charge in [0.05, 0.1) is 0 Å². The van der Waals surface area contributed by atoms with E-state index >= 15 is 0 Å². The van der Waals surface area contributed by atoms with Gasteiger partial charge in [-0.15, -0.1) is 5.10 Å². The highest BCUT2D eigenvalue weighted by atomic mass is 32.2. The fourth-order valence-electron chi connectivity index (χ4n) is 1.09. The van der Waals surface area contributed by atoms with Crippen LogP contribution in [0.3, 0.4) is 0 Å². The lowest BCUT2D eigenvalue weighted by Crippen LogP contribution is -1.80. The molecule has 0 spiro atoms. The normalized spacial score (nSPS) is 10.2. The molecule has 15 heavy (non-hydrogen) atoms. The Morgan fingerprint density at radius 2 is 2.07 bits per heavy atom. The van der Waals surface area contributed by atoms with E-state index in [4.69, 9.17) is 0 Å². The zero-order valence-corrected chi connectivity index (χ0v) is 8.91. The lowest BCUT2D eigenvalue weighted by molar-refractivity contribution is 0.112. The summed E-state index contributed by atoms with van der Waals surface area (Å²) in [7, 11) is 0. The highest BCUT2D eigenvalue weighted by molar-refractivity contribution is 7.99. The van der Waals surface area contributed by atoms with E-state index < -0.39 is 0 Å². The third kappa shape index (κ3) is 2.44. The Balaban J connectivity index is 2.14. The van der Waals surface area contributed by atoms with Gasteiger partial charge in [0.25, 0.3) is 0 Å². The first-order chi connectivity index (χ1) is 7.28. The number of aromatic amines is 1. The molecule has 0 atom stereocenters. The largest absolute Gasteiger partial charge is 0.298 e. The summed E-state index contributed by atoms with van der Waals surface area (Å²) in [5, 5.41) is 7.47. The maximum atomic E-state index is 10.4. The first-order valence-electron chi connectivity index (χ1n) is 4.40. The zero-order chi connectivity index (χ0) is 10.7. The fourth-order valence-corrected chi connectivity index (χ4v) is 1.84. The molecule has 0 unspecified atom stereocenters. The molecule has 5 heteroatoms. The lowest BCUT2D eigenvalue weighted by Gasteiger charge is -1.96. The van der Waals surface area contributed by atoms with Crippen molar-refractivity contribution in [2.45, 2.75) is 17.0 Å². The van der Waals surface area contributed by atoms with E-state index in [0.717, 1.165) is 17.0 Å². The number of aryl methyl sites for hydroxylation is 1. The van der Waals surface area contributed by atoms with Crippen LogP contribution in [0.5, 0.6) is 0 Å². The summed E-state index contributed by atoms with van der Waals surface area (Å²) in [6.07, 6.45) is 0.825. The number of aldehydes is 1. The third-order valence-electron chi connectivity index (χ3n) is 1.80. The van der Waals surface area contributed by atoms with Crippen LogP contribution in [0.4, 0.5) is 0 Å². The molecule has 0 aliphatic rings. The number of carbonyl (C=O) groups excluding carboxylic acids is 1. The van der Waals surface area contributed by atoms with Crippen molar-refractivity contribution in [3.63, 3.8) is 0 Å². The Bertz CT molecular complexity index is 464. The van der Waals surface area contributed by atoms with Gasteiger partial charge in [0.2, 0.25) is 5.16 Å². The lowest BCUT2D eigenvalue weighted by atomic mass is 10.2. The van der Waals surface area contributed by atoms with Crippen molar-refractivity contribution in [1.82, 2.24) is 15.2 Å². The molecule has 76 valence electrons. The monoisotopic (exact) mass is 219 g/mol. The first kappa shape index (κ1) is 9.92. The smallest absolute Gasteiger partial charge is 0.213 e. The van der Waals surface area contributed by atoms with E-state index in [1.165, 1.54) is 11.8 Å². The third-order valence-corrected chi connectivity index (χ3v) is 2.68. The molecule has 0 aliphatic carbocycles. The van der Waals surface area contributed by atoms with Gasteiger partial charge in [0.1, 0.15) is 12.1 Å². The number of carbonyl (C=O) groups is 1. The van der Waals surface area contributed by atoms with E-state index in [2.05, 4.69) is 15.2 Å². The Kier molecular flexibility index (Phi) is 2.82. The molecule has 0 saturated carbocycles. The molecule has 1 N–H and O–H groups in total. The molecule has 1 aromatic heterocycles. The molecular formula is C10H9N3OS. The van der Waals surface area contributed by atoms with Crippen LogP contribution in [0.1, 0.15) is 16.2 Å². The van der Waals surface area contributed by atoms with Crippen LogP contribution in [0.15, 0.2) is 34.3 Å². The summed E-state index contributed by atoms with van der Waals surface area (Å²) >= 11 is 1.46. The van der Waals surface area contributed by atoms with Gasteiger partial charge in [-0.2, -0.15) is 0 Å². The second-order valence-corrected chi connectivity index (χ2v) is 4.03. The summed E-state index contributed by atoms with van der Waals surface area (Å²) < 4.78 is 0. The van der Waals surface area contributed by atoms with Crippen LogP contribution in [0.2, 0.25) is 0 Å². The van der Waals surface area contributed by atoms with Gasteiger partial charge in [0, 0.05) is 10.5 Å². The summed E-state index contributed by atoms with van der Waals surface area (Å²) in [4.78, 5) is 15.6. The predicted octanol–water partition coefficient (Wildman–Crippen LogP) is 2.08. The van der Waals surface area contributed by atoms with Crippen molar-refractivity contribution in [2.24, 2.45) is 0 Å². The van der Waals surface area contributed by atoms with Crippen LogP contribution in [0, 0.1) is 6.92 Å². The molecule has 4 nitrogen and oxygen atoms in total. The van der Waals surface area contributed by atoms with Gasteiger partial charge >= 0.3 is 0 Å². The second-order valence-electron chi connectivity index (χ2n) is 2.99. The maximum absolute atomic E-state index is 10.4. The average molecular weight is 219 g/mol. The summed E-state index contributed by atoms with van der Waals surface area (Å²) in [5.41, 5.74) is 0.672. The Morgan fingerprint density at radius 1 is 1.33 bits per heavy atom. The van der Waals surface area contributed by atoms with Gasteiger partial charge < -0.3 is 0 Å². The summed E-state index contributed by atoms with van der Waals surface area (Å²) in [6.45, 7) is 1.85. The van der Waals surface area contributed by atoms with Crippen molar-refractivity contribution in [2.75, 3.05) is 0 Å². The van der Waals surface area contributed by atoms with Gasteiger partial charge in [-0.05, 0) is 30.8 Å². The Morgan fingerprint density at radius 3 is 2.60 bits per heavy atom. The SMILES string of the molecule is Cc1nc(Sc2ccc(C=O)cc2)n[nH]1. The van der Waals surface area contributed by atoms with Crippen molar-refractivity contribution in [1.29, 1.82) is 0 Å². The quantitative estimate of drug-likeness (QED) is 0.803. The van der Waals surface area contributed by atoms with Crippen molar-refractivity contribution >= 4 is 18.0 Å². The first-order valence-corrected chi connectivity index (χ1v) is 5.21. The summed E-state index contributed by atoms with van der Waals surface area (Å²) in [5.74, 6) is 0.794. The number of nitrogens with zero attached hydrogens (tertiary/aromatic N) is 2. The number of benzene rings is 1. The van der Waals surface area contributed by atoms with Crippen molar-refractivity contribution in [3.8, 4) is 0 Å². The van der Waals surface area contributed by atoms with Gasteiger partial charge in [-0.3, -0.25) is 9.89 Å². The van der Waals surface area contributed by atoms with Crippen LogP contribution in [0.25, 0.3) is 0 Å². The predicted molar refractivity (Wildman–Crippen MR) is 57.1 cm³/mol. The second kappa shape index (κ2) is 4.27. The molecule has 2 rings (SSSR count). The highest BCUT2D eigenvalue weighted by Gasteiger charge is 2.02. The Labute approximate surface area is 91.1 Å². The molecule has 1 aromatic carbocycles. The molecule has 1 heterocycles. The molecule has 0 aliphatic heterocycles. The number of hydrogen-bond acceptors (Lipinski definition) is 4. The minimum absolute atomic E-state index is 0.672. The molecule has 0 amide bonds. The van der Waals surface area contributed by atoms with Crippen LogP contribution in [-0.2, 0) is 0 Å². The van der Waals surface area contributed by atoms with Crippen LogP contribution >= 0.6 is 11.8 Å². The number of H-pyrrole nitrogens is 1. The standard InChI is InChI=1S/C10H9N3OS/c1-7-11-10(13-12-7)15-9-4-2-8(6-14)3-5-9/h2-6H,1H3,(H,11,12,13).